The Morgan fingerprint density at radius 3 is 2.82 bits per heavy atom. The van der Waals surface area contributed by atoms with Crippen molar-refractivity contribution >= 4 is 11.6 Å². The number of nitrogens with one attached hydrogen (secondary N) is 1. The Kier molecular flexibility index (Phi) is 2.40. The molecule has 1 fully saturated rings. The minimum Gasteiger partial charge on any atom is -0.381 e. The maximum Gasteiger partial charge on any atom is 0.231 e. The SMILES string of the molecule is O=C1Nc2ccc(F)cc2CC12CCOCC2. The van der Waals surface area contributed by atoms with E-state index in [1.54, 1.807) is 6.07 Å². The first kappa shape index (κ1) is 10.7. The molecule has 1 saturated heterocycles. The van der Waals surface area contributed by atoms with Gasteiger partial charge in [-0.3, -0.25) is 4.79 Å². The van der Waals surface area contributed by atoms with E-state index in [-0.39, 0.29) is 17.1 Å². The molecule has 1 aromatic carbocycles. The Morgan fingerprint density at radius 2 is 2.06 bits per heavy atom. The molecule has 17 heavy (non-hydrogen) atoms. The first-order chi connectivity index (χ1) is 8.20. The zero-order valence-corrected chi connectivity index (χ0v) is 9.46. The highest BCUT2D eigenvalue weighted by molar-refractivity contribution is 5.98. The molecule has 0 atom stereocenters. The molecule has 0 bridgehead atoms. The highest BCUT2D eigenvalue weighted by Crippen LogP contribution is 2.41. The van der Waals surface area contributed by atoms with E-state index in [2.05, 4.69) is 5.32 Å². The van der Waals surface area contributed by atoms with E-state index in [0.29, 0.717) is 19.6 Å². The molecule has 0 unspecified atom stereocenters. The van der Waals surface area contributed by atoms with Gasteiger partial charge in [0.25, 0.3) is 0 Å². The lowest BCUT2D eigenvalue weighted by Crippen LogP contribution is -2.45. The quantitative estimate of drug-likeness (QED) is 0.748. The molecule has 0 aromatic heterocycles. The zero-order valence-electron chi connectivity index (χ0n) is 9.46. The molecule has 90 valence electrons. The highest BCUT2D eigenvalue weighted by Gasteiger charge is 2.43. The maximum atomic E-state index is 13.2. The van der Waals surface area contributed by atoms with Crippen molar-refractivity contribution < 1.29 is 13.9 Å². The molecule has 1 aromatic rings. The maximum absolute atomic E-state index is 13.2. The first-order valence-electron chi connectivity index (χ1n) is 5.87. The van der Waals surface area contributed by atoms with Crippen LogP contribution in [0.3, 0.4) is 0 Å². The molecule has 2 heterocycles. The highest BCUT2D eigenvalue weighted by atomic mass is 19.1. The smallest absolute Gasteiger partial charge is 0.231 e. The lowest BCUT2D eigenvalue weighted by molar-refractivity contribution is -0.131. The third-order valence-corrected chi connectivity index (χ3v) is 3.78. The van der Waals surface area contributed by atoms with E-state index in [1.807, 2.05) is 0 Å². The van der Waals surface area contributed by atoms with Gasteiger partial charge in [0.2, 0.25) is 5.91 Å². The van der Waals surface area contributed by atoms with E-state index in [4.69, 9.17) is 4.74 Å². The van der Waals surface area contributed by atoms with Crippen LogP contribution in [0.4, 0.5) is 10.1 Å². The lowest BCUT2D eigenvalue weighted by Gasteiger charge is -2.39. The number of carbonyl (C=O) groups excluding carboxylic acids is 1. The Morgan fingerprint density at radius 1 is 1.29 bits per heavy atom. The van der Waals surface area contributed by atoms with Gasteiger partial charge < -0.3 is 10.1 Å². The molecule has 3 nitrogen and oxygen atoms in total. The van der Waals surface area contributed by atoms with Gasteiger partial charge >= 0.3 is 0 Å². The molecule has 0 radical (unpaired) electrons. The second-order valence-corrected chi connectivity index (χ2v) is 4.83. The van der Waals surface area contributed by atoms with Crippen LogP contribution in [0.1, 0.15) is 18.4 Å². The van der Waals surface area contributed by atoms with Crippen molar-refractivity contribution in [3.05, 3.63) is 29.6 Å². The summed E-state index contributed by atoms with van der Waals surface area (Å²) in [7, 11) is 0. The number of amides is 1. The van der Waals surface area contributed by atoms with Crippen molar-refractivity contribution in [1.82, 2.24) is 0 Å². The monoisotopic (exact) mass is 235 g/mol. The largest absolute Gasteiger partial charge is 0.381 e. The number of hydrogen-bond acceptors (Lipinski definition) is 2. The third-order valence-electron chi connectivity index (χ3n) is 3.78. The fourth-order valence-electron chi connectivity index (χ4n) is 2.70. The van der Waals surface area contributed by atoms with Crippen LogP contribution >= 0.6 is 0 Å². The fourth-order valence-corrected chi connectivity index (χ4v) is 2.70. The van der Waals surface area contributed by atoms with Gasteiger partial charge in [0.05, 0.1) is 5.41 Å². The Bertz CT molecular complexity index is 466. The van der Waals surface area contributed by atoms with Crippen LogP contribution in [0.25, 0.3) is 0 Å². The summed E-state index contributed by atoms with van der Waals surface area (Å²) >= 11 is 0. The van der Waals surface area contributed by atoms with E-state index in [9.17, 15) is 9.18 Å². The Hall–Kier alpha value is -1.42. The molecule has 4 heteroatoms. The second kappa shape index (κ2) is 3.81. The van der Waals surface area contributed by atoms with Crippen LogP contribution < -0.4 is 5.32 Å². The first-order valence-corrected chi connectivity index (χ1v) is 5.87. The number of ether oxygens (including phenoxy) is 1. The van der Waals surface area contributed by atoms with Crippen molar-refractivity contribution in [2.75, 3.05) is 18.5 Å². The van der Waals surface area contributed by atoms with Gasteiger partial charge in [0.15, 0.2) is 0 Å². The van der Waals surface area contributed by atoms with Crippen molar-refractivity contribution in [2.24, 2.45) is 5.41 Å². The summed E-state index contributed by atoms with van der Waals surface area (Å²) in [6.07, 6.45) is 2.05. The summed E-state index contributed by atoms with van der Waals surface area (Å²) in [4.78, 5) is 12.2. The number of hydrogen-bond donors (Lipinski definition) is 1. The summed E-state index contributed by atoms with van der Waals surface area (Å²) in [6, 6.07) is 4.53. The zero-order chi connectivity index (χ0) is 11.9. The van der Waals surface area contributed by atoms with Crippen molar-refractivity contribution in [3.63, 3.8) is 0 Å². The number of carbonyl (C=O) groups is 1. The number of fused-ring (bicyclic) bond motifs is 1. The number of halogens is 1. The molecular weight excluding hydrogens is 221 g/mol. The average Bonchev–Trinajstić information content (AvgIpc) is 2.32. The van der Waals surface area contributed by atoms with Crippen molar-refractivity contribution in [1.29, 1.82) is 0 Å². The van der Waals surface area contributed by atoms with Gasteiger partial charge in [0.1, 0.15) is 5.82 Å². The van der Waals surface area contributed by atoms with Crippen LogP contribution in [-0.4, -0.2) is 19.1 Å². The predicted molar refractivity (Wildman–Crippen MR) is 61.2 cm³/mol. The number of benzene rings is 1. The summed E-state index contributed by atoms with van der Waals surface area (Å²) in [5.41, 5.74) is 1.25. The second-order valence-electron chi connectivity index (χ2n) is 4.83. The molecular formula is C13H14FNO2. The number of anilines is 1. The van der Waals surface area contributed by atoms with Crippen molar-refractivity contribution in [2.45, 2.75) is 19.3 Å². The molecule has 2 aliphatic heterocycles. The molecule has 1 N–H and O–H groups in total. The van der Waals surface area contributed by atoms with Crippen LogP contribution in [0.15, 0.2) is 18.2 Å². The topological polar surface area (TPSA) is 38.3 Å². The van der Waals surface area contributed by atoms with Crippen LogP contribution in [-0.2, 0) is 16.0 Å². The minimum absolute atomic E-state index is 0.0555. The average molecular weight is 235 g/mol. The van der Waals surface area contributed by atoms with E-state index in [0.717, 1.165) is 24.1 Å². The van der Waals surface area contributed by atoms with Gasteiger partial charge in [-0.1, -0.05) is 0 Å². The molecule has 3 rings (SSSR count). The lowest BCUT2D eigenvalue weighted by atomic mass is 9.72. The summed E-state index contributed by atoms with van der Waals surface area (Å²) in [5, 5.41) is 2.89. The summed E-state index contributed by atoms with van der Waals surface area (Å²) in [6.45, 7) is 1.22. The van der Waals surface area contributed by atoms with Crippen LogP contribution in [0.2, 0.25) is 0 Å². The van der Waals surface area contributed by atoms with Gasteiger partial charge in [-0.15, -0.1) is 0 Å². The summed E-state index contributed by atoms with van der Waals surface area (Å²) in [5.74, 6) is -0.193. The van der Waals surface area contributed by atoms with Crippen LogP contribution in [0, 0.1) is 11.2 Å². The molecule has 0 saturated carbocycles. The number of rotatable bonds is 0. The molecule has 1 amide bonds. The van der Waals surface area contributed by atoms with Gasteiger partial charge in [-0.2, -0.15) is 0 Å². The fraction of sp³-hybridized carbons (Fsp3) is 0.462. The Balaban J connectivity index is 1.98. The standard InChI is InChI=1S/C13H14FNO2/c14-10-1-2-11-9(7-10)8-13(12(16)15-11)3-5-17-6-4-13/h1-2,7H,3-6,8H2,(H,15,16). The predicted octanol–water partition coefficient (Wildman–Crippen LogP) is 2.12. The molecule has 1 spiro atoms. The molecule has 0 aliphatic carbocycles. The van der Waals surface area contributed by atoms with Crippen molar-refractivity contribution in [3.8, 4) is 0 Å². The molecule has 2 aliphatic rings. The third kappa shape index (κ3) is 1.72. The normalized spacial score (nSPS) is 22.1. The van der Waals surface area contributed by atoms with E-state index in [1.165, 1.54) is 12.1 Å². The van der Waals surface area contributed by atoms with E-state index >= 15 is 0 Å². The van der Waals surface area contributed by atoms with Gasteiger partial charge in [-0.25, -0.2) is 4.39 Å². The van der Waals surface area contributed by atoms with E-state index < -0.39 is 0 Å². The van der Waals surface area contributed by atoms with Gasteiger partial charge in [0, 0.05) is 18.9 Å². The van der Waals surface area contributed by atoms with Crippen LogP contribution in [0.5, 0.6) is 0 Å². The van der Waals surface area contributed by atoms with Gasteiger partial charge in [-0.05, 0) is 43.0 Å². The minimum atomic E-state index is -0.390. The summed E-state index contributed by atoms with van der Waals surface area (Å²) < 4.78 is 18.5. The Labute approximate surface area is 99.0 Å².